The van der Waals surface area contributed by atoms with Crippen molar-refractivity contribution in [2.75, 3.05) is 59.9 Å². The van der Waals surface area contributed by atoms with Crippen molar-refractivity contribution < 1.29 is 0 Å². The molecule has 2 rings (SSSR count). The van der Waals surface area contributed by atoms with Gasteiger partial charge in [0.25, 0.3) is 0 Å². The number of aryl methyl sites for hydroxylation is 1. The molecule has 1 N–H and O–H groups in total. The molecule has 1 fully saturated rings. The average Bonchev–Trinajstić information content (AvgIpc) is 2.67. The van der Waals surface area contributed by atoms with Crippen LogP contribution in [0.2, 0.25) is 0 Å². The molecule has 5 heteroatoms. The van der Waals surface area contributed by atoms with Crippen molar-refractivity contribution >= 4 is 5.96 Å². The van der Waals surface area contributed by atoms with Crippen LogP contribution in [0.1, 0.15) is 30.9 Å². The Kier molecular flexibility index (Phi) is 8.92. The molecule has 5 nitrogen and oxygen atoms in total. The van der Waals surface area contributed by atoms with Crippen LogP contribution in [0.4, 0.5) is 0 Å². The van der Waals surface area contributed by atoms with Crippen molar-refractivity contribution in [3.63, 3.8) is 0 Å². The smallest absolute Gasteiger partial charge is 0.193 e. The zero-order valence-electron chi connectivity index (χ0n) is 17.2. The lowest BCUT2D eigenvalue weighted by Crippen LogP contribution is -2.46. The topological polar surface area (TPSA) is 34.1 Å². The van der Waals surface area contributed by atoms with Crippen molar-refractivity contribution in [2.45, 2.75) is 33.2 Å². The largest absolute Gasteiger partial charge is 0.356 e. The molecular weight excluding hydrogens is 322 g/mol. The fourth-order valence-electron chi connectivity index (χ4n) is 3.49. The van der Waals surface area contributed by atoms with E-state index in [9.17, 15) is 0 Å². The fraction of sp³-hybridized carbons (Fsp3) is 0.667. The lowest BCUT2D eigenvalue weighted by Gasteiger charge is -2.34. The van der Waals surface area contributed by atoms with Gasteiger partial charge in [-0.15, -0.1) is 0 Å². The molecule has 0 atom stereocenters. The number of aliphatic imine (C=N–C) groups is 1. The lowest BCUT2D eigenvalue weighted by molar-refractivity contribution is 0.136. The first-order valence-electron chi connectivity index (χ1n) is 10.0. The monoisotopic (exact) mass is 359 g/mol. The summed E-state index contributed by atoms with van der Waals surface area (Å²) in [6.45, 7) is 13.6. The normalized spacial score (nSPS) is 16.7. The van der Waals surface area contributed by atoms with E-state index in [0.717, 1.165) is 19.0 Å². The maximum atomic E-state index is 4.43. The first-order chi connectivity index (χ1) is 12.6. The number of piperazine rings is 1. The predicted molar refractivity (Wildman–Crippen MR) is 112 cm³/mol. The van der Waals surface area contributed by atoms with Gasteiger partial charge in [0.1, 0.15) is 0 Å². The quantitative estimate of drug-likeness (QED) is 0.439. The van der Waals surface area contributed by atoms with Crippen LogP contribution in [0, 0.1) is 6.92 Å². The first-order valence-corrected chi connectivity index (χ1v) is 10.0. The summed E-state index contributed by atoms with van der Waals surface area (Å²) >= 11 is 0. The zero-order chi connectivity index (χ0) is 18.8. The number of unbranched alkanes of at least 4 members (excludes halogenated alkanes) is 1. The SMILES string of the molecule is CCN1CCN(CCCCNC(=NC)N(C)Cc2ccccc2C)CC1. The third-order valence-electron chi connectivity index (χ3n) is 5.34. The first kappa shape index (κ1) is 20.7. The second-order valence-corrected chi connectivity index (χ2v) is 7.24. The summed E-state index contributed by atoms with van der Waals surface area (Å²) in [6, 6.07) is 8.55. The third-order valence-corrected chi connectivity index (χ3v) is 5.34. The Morgan fingerprint density at radius 3 is 2.46 bits per heavy atom. The lowest BCUT2D eigenvalue weighted by atomic mass is 10.1. The summed E-state index contributed by atoms with van der Waals surface area (Å²) in [4.78, 5) is 11.8. The van der Waals surface area contributed by atoms with Gasteiger partial charge >= 0.3 is 0 Å². The van der Waals surface area contributed by atoms with Crippen LogP contribution in [0.5, 0.6) is 0 Å². The Morgan fingerprint density at radius 1 is 1.12 bits per heavy atom. The summed E-state index contributed by atoms with van der Waals surface area (Å²) in [5.41, 5.74) is 2.68. The summed E-state index contributed by atoms with van der Waals surface area (Å²) < 4.78 is 0. The van der Waals surface area contributed by atoms with E-state index in [4.69, 9.17) is 0 Å². The van der Waals surface area contributed by atoms with Gasteiger partial charge in [0.05, 0.1) is 0 Å². The summed E-state index contributed by atoms with van der Waals surface area (Å²) in [5, 5.41) is 3.51. The van der Waals surface area contributed by atoms with Gasteiger partial charge in [0, 0.05) is 53.4 Å². The maximum absolute atomic E-state index is 4.43. The van der Waals surface area contributed by atoms with Crippen molar-refractivity contribution in [3.05, 3.63) is 35.4 Å². The van der Waals surface area contributed by atoms with Crippen LogP contribution in [0.15, 0.2) is 29.3 Å². The molecule has 0 aromatic heterocycles. The summed E-state index contributed by atoms with van der Waals surface area (Å²) in [5.74, 6) is 0.977. The van der Waals surface area contributed by atoms with Crippen LogP contribution in [-0.4, -0.2) is 80.6 Å². The van der Waals surface area contributed by atoms with Gasteiger partial charge in [-0.1, -0.05) is 31.2 Å². The standard InChI is InChI=1S/C21H37N5/c1-5-25-14-16-26(17-15-25)13-9-8-12-23-21(22-3)24(4)18-20-11-7-6-10-19(20)2/h6-7,10-11H,5,8-9,12-18H2,1-4H3,(H,22,23). The van der Waals surface area contributed by atoms with Gasteiger partial charge in [-0.05, 0) is 44.0 Å². The Balaban J connectivity index is 1.63. The molecule has 1 saturated heterocycles. The van der Waals surface area contributed by atoms with E-state index in [0.29, 0.717) is 0 Å². The number of hydrogen-bond acceptors (Lipinski definition) is 3. The van der Waals surface area contributed by atoms with Gasteiger partial charge < -0.3 is 20.0 Å². The highest BCUT2D eigenvalue weighted by atomic mass is 15.3. The molecule has 0 amide bonds. The molecule has 0 spiro atoms. The molecule has 1 aromatic carbocycles. The molecule has 0 unspecified atom stereocenters. The Labute approximate surface area is 160 Å². The number of benzene rings is 1. The van der Waals surface area contributed by atoms with Crippen LogP contribution in [-0.2, 0) is 6.54 Å². The van der Waals surface area contributed by atoms with E-state index in [1.165, 1.54) is 63.2 Å². The molecule has 0 aliphatic carbocycles. The minimum absolute atomic E-state index is 0.883. The number of nitrogens with zero attached hydrogens (tertiary/aromatic N) is 4. The van der Waals surface area contributed by atoms with Gasteiger partial charge in [-0.25, -0.2) is 0 Å². The third kappa shape index (κ3) is 6.61. The molecule has 1 aliphatic heterocycles. The molecule has 1 aromatic rings. The van der Waals surface area contributed by atoms with E-state index >= 15 is 0 Å². The summed E-state index contributed by atoms with van der Waals surface area (Å²) in [7, 11) is 3.97. The summed E-state index contributed by atoms with van der Waals surface area (Å²) in [6.07, 6.45) is 2.43. The van der Waals surface area contributed by atoms with E-state index in [1.54, 1.807) is 0 Å². The van der Waals surface area contributed by atoms with Crippen molar-refractivity contribution in [2.24, 2.45) is 4.99 Å². The Morgan fingerprint density at radius 2 is 1.81 bits per heavy atom. The van der Waals surface area contributed by atoms with E-state index in [2.05, 4.69) is 70.2 Å². The molecule has 1 aliphatic rings. The number of hydrogen-bond donors (Lipinski definition) is 1. The molecule has 0 saturated carbocycles. The second kappa shape index (κ2) is 11.2. The van der Waals surface area contributed by atoms with E-state index < -0.39 is 0 Å². The minimum Gasteiger partial charge on any atom is -0.356 e. The second-order valence-electron chi connectivity index (χ2n) is 7.24. The van der Waals surface area contributed by atoms with Crippen LogP contribution >= 0.6 is 0 Å². The van der Waals surface area contributed by atoms with Crippen molar-refractivity contribution in [1.29, 1.82) is 0 Å². The number of guanidine groups is 1. The number of likely N-dealkylation sites (N-methyl/N-ethyl adjacent to an activating group) is 1. The molecular formula is C21H37N5. The maximum Gasteiger partial charge on any atom is 0.193 e. The van der Waals surface area contributed by atoms with Crippen LogP contribution < -0.4 is 5.32 Å². The van der Waals surface area contributed by atoms with Crippen molar-refractivity contribution in [3.8, 4) is 0 Å². The van der Waals surface area contributed by atoms with Gasteiger partial charge in [-0.2, -0.15) is 0 Å². The highest BCUT2D eigenvalue weighted by molar-refractivity contribution is 5.79. The van der Waals surface area contributed by atoms with Gasteiger partial charge in [-0.3, -0.25) is 4.99 Å². The van der Waals surface area contributed by atoms with E-state index in [1.807, 2.05) is 7.05 Å². The fourth-order valence-corrected chi connectivity index (χ4v) is 3.49. The number of nitrogens with one attached hydrogen (secondary N) is 1. The zero-order valence-corrected chi connectivity index (χ0v) is 17.2. The van der Waals surface area contributed by atoms with Crippen LogP contribution in [0.3, 0.4) is 0 Å². The Bertz CT molecular complexity index is 549. The van der Waals surface area contributed by atoms with Gasteiger partial charge in [0.2, 0.25) is 0 Å². The Hall–Kier alpha value is -1.59. The molecule has 26 heavy (non-hydrogen) atoms. The van der Waals surface area contributed by atoms with E-state index in [-0.39, 0.29) is 0 Å². The van der Waals surface area contributed by atoms with Crippen LogP contribution in [0.25, 0.3) is 0 Å². The highest BCUT2D eigenvalue weighted by Gasteiger charge is 2.14. The minimum atomic E-state index is 0.883. The molecule has 146 valence electrons. The molecule has 0 radical (unpaired) electrons. The average molecular weight is 360 g/mol. The van der Waals surface area contributed by atoms with Crippen molar-refractivity contribution in [1.82, 2.24) is 20.0 Å². The molecule has 1 heterocycles. The van der Waals surface area contributed by atoms with Gasteiger partial charge in [0.15, 0.2) is 5.96 Å². The number of rotatable bonds is 8. The predicted octanol–water partition coefficient (Wildman–Crippen LogP) is 2.42. The molecule has 0 bridgehead atoms. The highest BCUT2D eigenvalue weighted by Crippen LogP contribution is 2.09.